The third kappa shape index (κ3) is 2.53. The normalized spacial score (nSPS) is 15.4. The molecule has 6 nitrogen and oxygen atoms in total. The van der Waals surface area contributed by atoms with Crippen LogP contribution in [0.25, 0.3) is 0 Å². The highest BCUT2D eigenvalue weighted by atomic mass is 16.3. The maximum Gasteiger partial charge on any atom is 0.255 e. The van der Waals surface area contributed by atoms with Gasteiger partial charge in [-0.05, 0) is 19.9 Å². The van der Waals surface area contributed by atoms with Gasteiger partial charge in [0.1, 0.15) is 11.5 Å². The maximum atomic E-state index is 11.8. The summed E-state index contributed by atoms with van der Waals surface area (Å²) in [6, 6.07) is 1.64. The van der Waals surface area contributed by atoms with Gasteiger partial charge >= 0.3 is 0 Å². The van der Waals surface area contributed by atoms with Crippen LogP contribution in [0, 0.1) is 13.8 Å². The molecular weight excluding hydrogens is 236 g/mol. The number of hydrogen-bond acceptors (Lipinski definition) is 4. The number of rotatable bonds is 3. The summed E-state index contributed by atoms with van der Waals surface area (Å²) in [6.45, 7) is 4.10. The molecule has 0 aromatic carbocycles. The third-order valence-electron chi connectivity index (χ3n) is 2.90. The van der Waals surface area contributed by atoms with E-state index in [9.17, 15) is 9.59 Å². The number of β-amino-alcohol motifs (C(OH)–C–C–N with tert-alkyl or cyclic N) is 1. The third-order valence-corrected chi connectivity index (χ3v) is 2.90. The van der Waals surface area contributed by atoms with Crippen LogP contribution in [0.1, 0.15) is 21.9 Å². The first kappa shape index (κ1) is 12.6. The van der Waals surface area contributed by atoms with E-state index in [0.717, 1.165) is 0 Å². The Labute approximate surface area is 105 Å². The van der Waals surface area contributed by atoms with Crippen LogP contribution in [0.5, 0.6) is 0 Å². The van der Waals surface area contributed by atoms with Gasteiger partial charge < -0.3 is 19.7 Å². The first-order valence-electron chi connectivity index (χ1n) is 5.78. The number of nitrogens with one attached hydrogen (secondary N) is 1. The molecule has 0 spiro atoms. The number of carbonyl (C=O) groups excluding carboxylic acids is 2. The Balaban J connectivity index is 1.85. The molecule has 98 valence electrons. The Kier molecular flexibility index (Phi) is 3.38. The van der Waals surface area contributed by atoms with E-state index < -0.39 is 6.10 Å². The Hall–Kier alpha value is -1.82. The predicted molar refractivity (Wildman–Crippen MR) is 63.1 cm³/mol. The minimum Gasteiger partial charge on any atom is -0.466 e. The van der Waals surface area contributed by atoms with Crippen LogP contribution in [0.2, 0.25) is 0 Å². The van der Waals surface area contributed by atoms with Crippen LogP contribution >= 0.6 is 0 Å². The second-order valence-corrected chi connectivity index (χ2v) is 4.46. The van der Waals surface area contributed by atoms with Gasteiger partial charge in [0.05, 0.1) is 18.2 Å². The van der Waals surface area contributed by atoms with Gasteiger partial charge in [-0.1, -0.05) is 0 Å². The summed E-state index contributed by atoms with van der Waals surface area (Å²) >= 11 is 0. The lowest BCUT2D eigenvalue weighted by Crippen LogP contribution is -2.55. The van der Waals surface area contributed by atoms with Crippen LogP contribution in [-0.4, -0.2) is 47.6 Å². The van der Waals surface area contributed by atoms with Gasteiger partial charge in [-0.3, -0.25) is 9.59 Å². The van der Waals surface area contributed by atoms with E-state index in [1.165, 1.54) is 4.90 Å². The molecule has 2 heterocycles. The van der Waals surface area contributed by atoms with Crippen molar-refractivity contribution in [3.05, 3.63) is 23.2 Å². The molecule has 0 saturated carbocycles. The summed E-state index contributed by atoms with van der Waals surface area (Å²) in [5, 5.41) is 11.6. The van der Waals surface area contributed by atoms with E-state index in [1.807, 2.05) is 0 Å². The van der Waals surface area contributed by atoms with E-state index >= 15 is 0 Å². The summed E-state index contributed by atoms with van der Waals surface area (Å²) in [5.74, 6) is 0.692. The molecular formula is C12H16N2O4. The van der Waals surface area contributed by atoms with Crippen LogP contribution < -0.4 is 5.32 Å². The molecule has 0 unspecified atom stereocenters. The summed E-state index contributed by atoms with van der Waals surface area (Å²) in [6.07, 6.45) is -0.427. The standard InChI is InChI=1S/C12H16N2O4/c1-7-3-10(8(2)18-7)12(17)13-4-11(16)14-5-9(15)6-14/h3,9,15H,4-6H2,1-2H3,(H,13,17). The number of hydrogen-bond donors (Lipinski definition) is 2. The summed E-state index contributed by atoms with van der Waals surface area (Å²) in [4.78, 5) is 24.9. The van der Waals surface area contributed by atoms with Gasteiger partial charge in [-0.15, -0.1) is 0 Å². The van der Waals surface area contributed by atoms with E-state index in [2.05, 4.69) is 5.32 Å². The highest BCUT2D eigenvalue weighted by molar-refractivity contribution is 5.97. The highest BCUT2D eigenvalue weighted by Gasteiger charge is 2.28. The largest absolute Gasteiger partial charge is 0.466 e. The fourth-order valence-corrected chi connectivity index (χ4v) is 1.88. The topological polar surface area (TPSA) is 82.8 Å². The van der Waals surface area contributed by atoms with Crippen molar-refractivity contribution >= 4 is 11.8 Å². The molecule has 2 amide bonds. The number of nitrogens with zero attached hydrogens (tertiary/aromatic N) is 1. The molecule has 2 rings (SSSR count). The zero-order chi connectivity index (χ0) is 13.3. The quantitative estimate of drug-likeness (QED) is 0.782. The van der Waals surface area contributed by atoms with Crippen molar-refractivity contribution in [3.8, 4) is 0 Å². The summed E-state index contributed by atoms with van der Waals surface area (Å²) in [5.41, 5.74) is 0.448. The minimum atomic E-state index is -0.427. The SMILES string of the molecule is Cc1cc(C(=O)NCC(=O)N2CC(O)C2)c(C)o1. The monoisotopic (exact) mass is 252 g/mol. The zero-order valence-electron chi connectivity index (χ0n) is 10.4. The van der Waals surface area contributed by atoms with Gasteiger partial charge in [0, 0.05) is 13.1 Å². The molecule has 1 aliphatic heterocycles. The Morgan fingerprint density at radius 1 is 1.50 bits per heavy atom. The van der Waals surface area contributed by atoms with Crippen molar-refractivity contribution in [3.63, 3.8) is 0 Å². The van der Waals surface area contributed by atoms with Gasteiger partial charge in [0.2, 0.25) is 5.91 Å². The van der Waals surface area contributed by atoms with Gasteiger partial charge in [-0.25, -0.2) is 0 Å². The maximum absolute atomic E-state index is 11.8. The molecule has 6 heteroatoms. The predicted octanol–water partition coefficient (Wildman–Crippen LogP) is -0.171. The lowest BCUT2D eigenvalue weighted by atomic mass is 10.1. The number of likely N-dealkylation sites (tertiary alicyclic amines) is 1. The summed E-state index contributed by atoms with van der Waals surface area (Å²) < 4.78 is 5.25. The van der Waals surface area contributed by atoms with Crippen molar-refractivity contribution in [2.24, 2.45) is 0 Å². The summed E-state index contributed by atoms with van der Waals surface area (Å²) in [7, 11) is 0. The van der Waals surface area contributed by atoms with Crippen LogP contribution in [-0.2, 0) is 4.79 Å². The number of aliphatic hydroxyl groups is 1. The average Bonchev–Trinajstić information content (AvgIpc) is 2.60. The zero-order valence-corrected chi connectivity index (χ0v) is 10.4. The van der Waals surface area contributed by atoms with Gasteiger partial charge in [0.25, 0.3) is 5.91 Å². The molecule has 18 heavy (non-hydrogen) atoms. The first-order valence-corrected chi connectivity index (χ1v) is 5.78. The van der Waals surface area contributed by atoms with Crippen LogP contribution in [0.4, 0.5) is 0 Å². The van der Waals surface area contributed by atoms with Crippen molar-refractivity contribution in [2.75, 3.05) is 19.6 Å². The fourth-order valence-electron chi connectivity index (χ4n) is 1.88. The van der Waals surface area contributed by atoms with Gasteiger partial charge in [-0.2, -0.15) is 0 Å². The highest BCUT2D eigenvalue weighted by Crippen LogP contribution is 2.13. The van der Waals surface area contributed by atoms with E-state index in [0.29, 0.717) is 30.2 Å². The molecule has 2 N–H and O–H groups in total. The molecule has 0 radical (unpaired) electrons. The van der Waals surface area contributed by atoms with Crippen molar-refractivity contribution < 1.29 is 19.1 Å². The second kappa shape index (κ2) is 4.81. The van der Waals surface area contributed by atoms with Crippen LogP contribution in [0.3, 0.4) is 0 Å². The van der Waals surface area contributed by atoms with Crippen LogP contribution in [0.15, 0.2) is 10.5 Å². The molecule has 1 saturated heterocycles. The number of aliphatic hydroxyl groups excluding tert-OH is 1. The number of aryl methyl sites for hydroxylation is 2. The Bertz CT molecular complexity index is 474. The lowest BCUT2D eigenvalue weighted by Gasteiger charge is -2.35. The number of carbonyl (C=O) groups is 2. The number of furan rings is 1. The van der Waals surface area contributed by atoms with Gasteiger partial charge in [0.15, 0.2) is 0 Å². The molecule has 0 atom stereocenters. The fraction of sp³-hybridized carbons (Fsp3) is 0.500. The second-order valence-electron chi connectivity index (χ2n) is 4.46. The number of amides is 2. The Morgan fingerprint density at radius 3 is 2.67 bits per heavy atom. The molecule has 1 fully saturated rings. The lowest BCUT2D eigenvalue weighted by molar-refractivity contribution is -0.140. The van der Waals surface area contributed by atoms with E-state index in [1.54, 1.807) is 19.9 Å². The average molecular weight is 252 g/mol. The molecule has 1 aromatic rings. The molecule has 0 aliphatic carbocycles. The van der Waals surface area contributed by atoms with Crippen molar-refractivity contribution in [1.29, 1.82) is 0 Å². The van der Waals surface area contributed by atoms with E-state index in [4.69, 9.17) is 9.52 Å². The van der Waals surface area contributed by atoms with E-state index in [-0.39, 0.29) is 18.4 Å². The first-order chi connectivity index (χ1) is 8.47. The molecule has 1 aromatic heterocycles. The van der Waals surface area contributed by atoms with Crippen molar-refractivity contribution in [2.45, 2.75) is 20.0 Å². The minimum absolute atomic E-state index is 0.0603. The molecule has 1 aliphatic rings. The molecule has 0 bridgehead atoms. The smallest absolute Gasteiger partial charge is 0.255 e. The Morgan fingerprint density at radius 2 is 2.17 bits per heavy atom. The van der Waals surface area contributed by atoms with Crippen molar-refractivity contribution in [1.82, 2.24) is 10.2 Å².